The quantitative estimate of drug-likeness (QED) is 0.263. The molecule has 33 heavy (non-hydrogen) atoms. The highest BCUT2D eigenvalue weighted by atomic mass is 79.9. The molecule has 12 heteroatoms. The van der Waals surface area contributed by atoms with Crippen molar-refractivity contribution in [3.63, 3.8) is 0 Å². The van der Waals surface area contributed by atoms with E-state index in [0.29, 0.717) is 16.3 Å². The maximum atomic E-state index is 12.2. The number of carbonyl (C=O) groups is 1. The third-order valence-corrected chi connectivity index (χ3v) is 6.40. The van der Waals surface area contributed by atoms with Crippen molar-refractivity contribution in [2.24, 2.45) is 10.7 Å². The van der Waals surface area contributed by atoms with Gasteiger partial charge in [-0.15, -0.1) is 0 Å². The summed E-state index contributed by atoms with van der Waals surface area (Å²) in [5.74, 6) is -0.744. The van der Waals surface area contributed by atoms with E-state index in [1.54, 1.807) is 43.3 Å². The molecule has 0 fully saturated rings. The molecule has 0 saturated heterocycles. The Labute approximate surface area is 203 Å². The maximum absolute atomic E-state index is 12.2. The van der Waals surface area contributed by atoms with Gasteiger partial charge in [-0.1, -0.05) is 35.0 Å². The van der Waals surface area contributed by atoms with Crippen LogP contribution in [0.5, 0.6) is 0 Å². The van der Waals surface area contributed by atoms with Gasteiger partial charge < -0.3 is 15.0 Å². The third kappa shape index (κ3) is 5.86. The zero-order chi connectivity index (χ0) is 24.2. The molecule has 2 aromatic carbocycles. The van der Waals surface area contributed by atoms with Gasteiger partial charge in [-0.2, -0.15) is 4.98 Å². The smallest absolute Gasteiger partial charge is 0.355 e. The monoisotopic (exact) mass is 552 g/mol. The van der Waals surface area contributed by atoms with Crippen LogP contribution in [0.2, 0.25) is 5.02 Å². The first kappa shape index (κ1) is 24.6. The molecule has 9 nitrogen and oxygen atoms in total. The van der Waals surface area contributed by atoms with Crippen molar-refractivity contribution in [1.29, 1.82) is 0 Å². The predicted octanol–water partition coefficient (Wildman–Crippen LogP) is 4.04. The number of nitrogens with two attached hydrogens (primary N) is 1. The van der Waals surface area contributed by atoms with E-state index in [2.05, 4.69) is 31.1 Å². The summed E-state index contributed by atoms with van der Waals surface area (Å²) in [6.45, 7) is 1.77. The van der Waals surface area contributed by atoms with Crippen molar-refractivity contribution >= 4 is 54.7 Å². The number of nitrogens with zero attached hydrogens (tertiary/aromatic N) is 3. The molecular formula is C21H18BrClN4O5S. The van der Waals surface area contributed by atoms with Crippen molar-refractivity contribution < 1.29 is 22.5 Å². The minimum absolute atomic E-state index is 0.0196. The lowest BCUT2D eigenvalue weighted by Crippen LogP contribution is -2.19. The molecule has 172 valence electrons. The number of aromatic nitrogens is 2. The zero-order valence-corrected chi connectivity index (χ0v) is 20.6. The molecule has 0 bridgehead atoms. The molecule has 0 saturated carbocycles. The van der Waals surface area contributed by atoms with Gasteiger partial charge in [0.25, 0.3) is 5.89 Å². The fourth-order valence-corrected chi connectivity index (χ4v) is 3.86. The first-order chi connectivity index (χ1) is 15.6. The van der Waals surface area contributed by atoms with Gasteiger partial charge in [-0.05, 0) is 53.2 Å². The van der Waals surface area contributed by atoms with Gasteiger partial charge >= 0.3 is 5.97 Å². The van der Waals surface area contributed by atoms with Gasteiger partial charge in [0.15, 0.2) is 9.84 Å². The maximum Gasteiger partial charge on any atom is 0.355 e. The molecule has 0 spiro atoms. The molecule has 2 N–H and O–H groups in total. The average Bonchev–Trinajstić information content (AvgIpc) is 3.27. The van der Waals surface area contributed by atoms with E-state index in [9.17, 15) is 13.2 Å². The minimum Gasteiger partial charge on any atom is -0.461 e. The lowest BCUT2D eigenvalue weighted by atomic mass is 10.2. The van der Waals surface area contributed by atoms with Crippen LogP contribution < -0.4 is 5.73 Å². The Balaban J connectivity index is 2.14. The molecule has 0 unspecified atom stereocenters. The fraction of sp³-hybridized carbons (Fsp3) is 0.143. The molecule has 0 aliphatic carbocycles. The molecule has 0 radical (unpaired) electrons. The van der Waals surface area contributed by atoms with Crippen molar-refractivity contribution in [3.8, 4) is 11.5 Å². The Bertz CT molecular complexity index is 1370. The molecule has 1 aromatic heterocycles. The summed E-state index contributed by atoms with van der Waals surface area (Å²) in [5.41, 5.74) is 6.51. The van der Waals surface area contributed by atoms with E-state index in [1.807, 2.05) is 0 Å². The number of hydrogen-bond donors (Lipinski definition) is 1. The van der Waals surface area contributed by atoms with Crippen LogP contribution in [-0.2, 0) is 19.4 Å². The van der Waals surface area contributed by atoms with Crippen molar-refractivity contribution in [1.82, 2.24) is 10.1 Å². The Morgan fingerprint density at radius 1 is 1.24 bits per heavy atom. The Kier molecular flexibility index (Phi) is 7.67. The number of sulfone groups is 1. The van der Waals surface area contributed by atoms with Crippen molar-refractivity contribution in [3.05, 3.63) is 69.6 Å². The number of esters is 1. The first-order valence-electron chi connectivity index (χ1n) is 9.42. The molecular weight excluding hydrogens is 536 g/mol. The summed E-state index contributed by atoms with van der Waals surface area (Å²) < 4.78 is 34.1. The number of benzene rings is 2. The second kappa shape index (κ2) is 10.3. The highest BCUT2D eigenvalue weighted by Crippen LogP contribution is 2.28. The van der Waals surface area contributed by atoms with Gasteiger partial charge in [0.2, 0.25) is 5.82 Å². The van der Waals surface area contributed by atoms with Gasteiger partial charge in [0, 0.05) is 11.8 Å². The lowest BCUT2D eigenvalue weighted by Gasteiger charge is -2.07. The van der Waals surface area contributed by atoms with Crippen LogP contribution in [0.1, 0.15) is 12.7 Å². The molecule has 0 aliphatic heterocycles. The van der Waals surface area contributed by atoms with Gasteiger partial charge in [0.1, 0.15) is 11.4 Å². The highest BCUT2D eigenvalue weighted by Gasteiger charge is 2.23. The predicted molar refractivity (Wildman–Crippen MR) is 127 cm³/mol. The van der Waals surface area contributed by atoms with Crippen LogP contribution in [0, 0.1) is 0 Å². The summed E-state index contributed by atoms with van der Waals surface area (Å²) in [5, 5.41) is 4.28. The van der Waals surface area contributed by atoms with E-state index in [4.69, 9.17) is 26.6 Å². The number of ether oxygens (including phenoxy) is 1. The first-order valence-corrected chi connectivity index (χ1v) is 12.5. The molecule has 1 heterocycles. The second-order valence-electron chi connectivity index (χ2n) is 6.58. The number of hydrogen-bond acceptors (Lipinski definition) is 9. The number of para-hydroxylation sites is 1. The van der Waals surface area contributed by atoms with Crippen LogP contribution in [0.3, 0.4) is 0 Å². The van der Waals surface area contributed by atoms with E-state index in [0.717, 1.165) is 6.26 Å². The summed E-state index contributed by atoms with van der Waals surface area (Å²) >= 11 is 9.51. The lowest BCUT2D eigenvalue weighted by molar-refractivity contribution is -0.138. The van der Waals surface area contributed by atoms with Gasteiger partial charge in [0.05, 0.1) is 26.7 Å². The number of carbonyl (C=O) groups excluding carboxylic acids is 1. The second-order valence-corrected chi connectivity index (χ2v) is 9.80. The summed E-state index contributed by atoms with van der Waals surface area (Å²) in [6.07, 6.45) is 1.10. The van der Waals surface area contributed by atoms with Crippen molar-refractivity contribution in [2.75, 3.05) is 12.9 Å². The number of aliphatic imine (C=N–C) groups is 1. The molecule has 3 rings (SSSR count). The Morgan fingerprint density at radius 2 is 1.97 bits per heavy atom. The van der Waals surface area contributed by atoms with Crippen LogP contribution in [0.15, 0.2) is 73.1 Å². The van der Waals surface area contributed by atoms with Gasteiger partial charge in [-0.25, -0.2) is 18.2 Å². The number of allylic oxidation sites excluding steroid dienone is 1. The minimum atomic E-state index is -3.44. The molecule has 0 atom stereocenters. The average molecular weight is 554 g/mol. The summed E-state index contributed by atoms with van der Waals surface area (Å²) in [4.78, 5) is 21.0. The van der Waals surface area contributed by atoms with Crippen molar-refractivity contribution in [2.45, 2.75) is 11.8 Å². The normalized spacial score (nSPS) is 12.9. The largest absolute Gasteiger partial charge is 0.461 e. The zero-order valence-electron chi connectivity index (χ0n) is 17.5. The van der Waals surface area contributed by atoms with Crippen LogP contribution in [-0.4, -0.2) is 43.1 Å². The Hall–Kier alpha value is -3.02. The topological polar surface area (TPSA) is 138 Å². The Morgan fingerprint density at radius 3 is 2.64 bits per heavy atom. The van der Waals surface area contributed by atoms with E-state index in [1.165, 1.54) is 12.1 Å². The SMILES string of the molecule is CCOC(=O)/C(N)=C(\Br)C(=Nc1ccccc1Cl)c1noc(-c2cccc(S(C)(=O)=O)c2)n1. The van der Waals surface area contributed by atoms with Crippen LogP contribution >= 0.6 is 27.5 Å². The molecule has 0 aliphatic rings. The molecule has 3 aromatic rings. The molecule has 0 amide bonds. The standard InChI is InChI=1S/C21H18BrClN4O5S/c1-3-31-21(28)17(24)16(22)18(25-15-10-5-4-9-14(15)23)19-26-20(32-27-19)12-7-6-8-13(11-12)33(2,29)30/h4-11H,3,24H2,1-2H3/b17-16+,25-18?. The summed E-state index contributed by atoms with van der Waals surface area (Å²) in [7, 11) is -3.44. The third-order valence-electron chi connectivity index (χ3n) is 4.17. The number of rotatable bonds is 7. The summed E-state index contributed by atoms with van der Waals surface area (Å²) in [6, 6.07) is 12.8. The number of halogens is 2. The van der Waals surface area contributed by atoms with E-state index < -0.39 is 15.8 Å². The van der Waals surface area contributed by atoms with Crippen LogP contribution in [0.25, 0.3) is 11.5 Å². The van der Waals surface area contributed by atoms with Gasteiger partial charge in [-0.3, -0.25) is 0 Å². The highest BCUT2D eigenvalue weighted by molar-refractivity contribution is 9.12. The van der Waals surface area contributed by atoms with Crippen LogP contribution in [0.4, 0.5) is 5.69 Å². The van der Waals surface area contributed by atoms with E-state index >= 15 is 0 Å². The fourth-order valence-electron chi connectivity index (χ4n) is 2.58. The van der Waals surface area contributed by atoms with E-state index in [-0.39, 0.29) is 39.1 Å².